The van der Waals surface area contributed by atoms with Gasteiger partial charge in [0.1, 0.15) is 12.4 Å². The quantitative estimate of drug-likeness (QED) is 0.0485. The van der Waals surface area contributed by atoms with E-state index >= 15 is 0 Å². The molecular weight excluding hydrogens is 581 g/mol. The molecular formula is C46H91N2+. The number of aromatic nitrogens is 2. The van der Waals surface area contributed by atoms with E-state index in [9.17, 15) is 0 Å². The summed E-state index contributed by atoms with van der Waals surface area (Å²) in [6.07, 6.45) is 59.3. The smallest absolute Gasteiger partial charge is 0.234 e. The van der Waals surface area contributed by atoms with Gasteiger partial charge in [0.15, 0.2) is 0 Å². The van der Waals surface area contributed by atoms with Crippen molar-refractivity contribution in [1.82, 2.24) is 4.57 Å². The van der Waals surface area contributed by atoms with E-state index in [1.807, 2.05) is 0 Å². The molecule has 48 heavy (non-hydrogen) atoms. The lowest BCUT2D eigenvalue weighted by atomic mass is 10.0. The number of hydrogen-bond donors (Lipinski definition) is 0. The molecule has 0 saturated heterocycles. The molecule has 0 aliphatic carbocycles. The van der Waals surface area contributed by atoms with Gasteiger partial charge in [-0.15, -0.1) is 0 Å². The average Bonchev–Trinajstić information content (AvgIpc) is 3.48. The van der Waals surface area contributed by atoms with E-state index in [0.717, 1.165) is 0 Å². The molecule has 1 heterocycles. The topological polar surface area (TPSA) is 8.81 Å². The summed E-state index contributed by atoms with van der Waals surface area (Å²) in [7, 11) is 0. The third-order valence-corrected chi connectivity index (χ3v) is 11.1. The Kier molecular flexibility index (Phi) is 35.3. The van der Waals surface area contributed by atoms with Gasteiger partial charge in [-0.25, -0.2) is 9.13 Å². The zero-order valence-corrected chi connectivity index (χ0v) is 33.8. The molecule has 0 amide bonds. The van der Waals surface area contributed by atoms with Crippen LogP contribution in [0.25, 0.3) is 0 Å². The first-order valence-corrected chi connectivity index (χ1v) is 22.9. The molecule has 2 nitrogen and oxygen atoms in total. The summed E-state index contributed by atoms with van der Waals surface area (Å²) in [4.78, 5) is 0. The Morgan fingerprint density at radius 3 is 1.00 bits per heavy atom. The van der Waals surface area contributed by atoms with Crippen LogP contribution >= 0.6 is 0 Å². The average molecular weight is 672 g/mol. The van der Waals surface area contributed by atoms with Crippen LogP contribution in [0.1, 0.15) is 264 Å². The van der Waals surface area contributed by atoms with Crippen LogP contribution in [0, 0.1) is 0 Å². The van der Waals surface area contributed by atoms with Crippen LogP contribution in [0.3, 0.4) is 0 Å². The van der Waals surface area contributed by atoms with E-state index in [4.69, 9.17) is 0 Å². The van der Waals surface area contributed by atoms with Gasteiger partial charge in [-0.1, -0.05) is 226 Å². The van der Waals surface area contributed by atoms with Crippen LogP contribution in [0.4, 0.5) is 0 Å². The standard InChI is InChI=1S/C46H91N2/c1-4-7-10-13-16-19-21-22-23-24-25-26-28-31-34-37-40-43-48-45-44-47(42-39-36-33-30-18-15-12-9-6-3)46(48)41-38-35-32-29-27-20-17-14-11-8-5-2/h44-45H,4-43H2,1-3H3/q+1. The van der Waals surface area contributed by atoms with E-state index in [2.05, 4.69) is 42.3 Å². The van der Waals surface area contributed by atoms with Gasteiger partial charge in [0.25, 0.3) is 5.82 Å². The number of hydrogen-bond acceptors (Lipinski definition) is 0. The van der Waals surface area contributed by atoms with E-state index in [1.54, 1.807) is 5.82 Å². The Bertz CT molecular complexity index is 736. The molecule has 284 valence electrons. The second-order valence-electron chi connectivity index (χ2n) is 15.9. The van der Waals surface area contributed by atoms with Gasteiger partial charge >= 0.3 is 0 Å². The second-order valence-corrected chi connectivity index (χ2v) is 15.9. The number of aryl methyl sites for hydroxylation is 2. The molecule has 1 aromatic heterocycles. The number of unbranched alkanes of at least 4 members (excludes halogenated alkanes) is 34. The largest absolute Gasteiger partial charge is 0.256 e. The summed E-state index contributed by atoms with van der Waals surface area (Å²) >= 11 is 0. The Labute approximate surface area is 304 Å². The maximum Gasteiger partial charge on any atom is 0.256 e. The lowest BCUT2D eigenvalue weighted by molar-refractivity contribution is -0.704. The second kappa shape index (κ2) is 37.5. The van der Waals surface area contributed by atoms with Crippen molar-refractivity contribution in [3.05, 3.63) is 18.2 Å². The van der Waals surface area contributed by atoms with E-state index in [1.165, 1.54) is 257 Å². The van der Waals surface area contributed by atoms with Crippen molar-refractivity contribution < 1.29 is 4.57 Å². The van der Waals surface area contributed by atoms with Gasteiger partial charge in [0.2, 0.25) is 0 Å². The van der Waals surface area contributed by atoms with Crippen molar-refractivity contribution in [3.8, 4) is 0 Å². The van der Waals surface area contributed by atoms with Crippen LogP contribution in [0.2, 0.25) is 0 Å². The van der Waals surface area contributed by atoms with Crippen molar-refractivity contribution in [2.75, 3.05) is 0 Å². The first kappa shape index (κ1) is 45.2. The Morgan fingerprint density at radius 2 is 0.646 bits per heavy atom. The molecule has 0 fully saturated rings. The summed E-state index contributed by atoms with van der Waals surface area (Å²) < 4.78 is 5.29. The maximum atomic E-state index is 2.65. The zero-order chi connectivity index (χ0) is 34.4. The molecule has 0 aliphatic rings. The van der Waals surface area contributed by atoms with Crippen molar-refractivity contribution in [2.45, 2.75) is 278 Å². The van der Waals surface area contributed by atoms with Crippen LogP contribution in [0.5, 0.6) is 0 Å². The SMILES string of the molecule is CCCCCCCCCCCCCCCCCCC[n+]1ccn(CCCCCCCCCCC)c1CCCCCCCCCCCCC. The summed E-state index contributed by atoms with van der Waals surface area (Å²) in [5.74, 6) is 1.63. The van der Waals surface area contributed by atoms with Gasteiger partial charge in [0, 0.05) is 6.42 Å². The van der Waals surface area contributed by atoms with Gasteiger partial charge in [0.05, 0.1) is 13.1 Å². The molecule has 0 bridgehead atoms. The molecule has 1 aromatic rings. The van der Waals surface area contributed by atoms with E-state index < -0.39 is 0 Å². The molecule has 2 heteroatoms. The molecule has 0 spiro atoms. The highest BCUT2D eigenvalue weighted by molar-refractivity contribution is 4.84. The molecule has 1 rings (SSSR count). The molecule has 0 unspecified atom stereocenters. The van der Waals surface area contributed by atoms with Crippen molar-refractivity contribution in [3.63, 3.8) is 0 Å². The molecule has 0 aromatic carbocycles. The fraction of sp³-hybridized carbons (Fsp3) is 0.935. The zero-order valence-electron chi connectivity index (χ0n) is 33.8. The van der Waals surface area contributed by atoms with Crippen molar-refractivity contribution in [2.24, 2.45) is 0 Å². The van der Waals surface area contributed by atoms with Crippen molar-refractivity contribution >= 4 is 0 Å². The summed E-state index contributed by atoms with van der Waals surface area (Å²) in [6.45, 7) is 9.41. The minimum absolute atomic E-state index is 1.23. The predicted molar refractivity (Wildman–Crippen MR) is 216 cm³/mol. The summed E-state index contributed by atoms with van der Waals surface area (Å²) in [5.41, 5.74) is 0. The van der Waals surface area contributed by atoms with Crippen LogP contribution in [-0.2, 0) is 19.5 Å². The predicted octanol–water partition coefficient (Wildman–Crippen LogP) is 15.8. The lowest BCUT2D eigenvalue weighted by Gasteiger charge is -2.07. The van der Waals surface area contributed by atoms with Gasteiger partial charge in [-0.3, -0.25) is 0 Å². The monoisotopic (exact) mass is 672 g/mol. The van der Waals surface area contributed by atoms with Crippen LogP contribution in [-0.4, -0.2) is 4.57 Å². The van der Waals surface area contributed by atoms with E-state index in [0.29, 0.717) is 0 Å². The van der Waals surface area contributed by atoms with Crippen LogP contribution < -0.4 is 4.57 Å². The normalized spacial score (nSPS) is 11.6. The maximum absolute atomic E-state index is 2.65. The fourth-order valence-electron chi connectivity index (χ4n) is 7.74. The lowest BCUT2D eigenvalue weighted by Crippen LogP contribution is -2.37. The number of rotatable bonds is 40. The van der Waals surface area contributed by atoms with Crippen molar-refractivity contribution in [1.29, 1.82) is 0 Å². The minimum Gasteiger partial charge on any atom is -0.234 e. The Hall–Kier alpha value is -0.790. The highest BCUT2D eigenvalue weighted by atomic mass is 15.1. The third kappa shape index (κ3) is 29.0. The Morgan fingerprint density at radius 1 is 0.354 bits per heavy atom. The Balaban J connectivity index is 2.23. The van der Waals surface area contributed by atoms with Crippen LogP contribution in [0.15, 0.2) is 12.4 Å². The molecule has 0 radical (unpaired) electrons. The van der Waals surface area contributed by atoms with Gasteiger partial charge < -0.3 is 0 Å². The highest BCUT2D eigenvalue weighted by Gasteiger charge is 2.16. The van der Waals surface area contributed by atoms with Gasteiger partial charge in [-0.05, 0) is 32.1 Å². The molecule has 0 atom stereocenters. The van der Waals surface area contributed by atoms with Gasteiger partial charge in [-0.2, -0.15) is 0 Å². The number of nitrogens with zero attached hydrogens (tertiary/aromatic N) is 2. The summed E-state index contributed by atoms with van der Waals surface area (Å²) in [6, 6.07) is 0. The third-order valence-electron chi connectivity index (χ3n) is 11.1. The van der Waals surface area contributed by atoms with E-state index in [-0.39, 0.29) is 0 Å². The minimum atomic E-state index is 1.23. The first-order valence-electron chi connectivity index (χ1n) is 22.9. The molecule has 0 N–H and O–H groups in total. The molecule has 0 aliphatic heterocycles. The number of imidazole rings is 1. The highest BCUT2D eigenvalue weighted by Crippen LogP contribution is 2.16. The fourth-order valence-corrected chi connectivity index (χ4v) is 7.74. The first-order chi connectivity index (χ1) is 23.8. The molecule has 0 saturated carbocycles. The summed E-state index contributed by atoms with van der Waals surface area (Å²) in [5, 5.41) is 0.